The number of halogens is 1. The Bertz CT molecular complexity index is 1110. The number of nitrogens with one attached hydrogen (secondary N) is 1. The summed E-state index contributed by atoms with van der Waals surface area (Å²) in [4.78, 5) is 33.3. The van der Waals surface area contributed by atoms with Crippen LogP contribution in [0.4, 0.5) is 5.69 Å². The van der Waals surface area contributed by atoms with E-state index in [1.807, 2.05) is 4.90 Å². The van der Waals surface area contributed by atoms with Gasteiger partial charge in [0.2, 0.25) is 5.91 Å². The number of nitrogens with zero attached hydrogens (tertiary/aromatic N) is 3. The first-order chi connectivity index (χ1) is 17.5. The molecule has 2 amide bonds. The number of anilines is 1. The minimum Gasteiger partial charge on any atom is -0.379 e. The van der Waals surface area contributed by atoms with E-state index in [2.05, 4.69) is 39.4 Å². The number of hydrogen-bond acceptors (Lipinski definition) is 6. The molecular weight excluding hydrogens is 496 g/mol. The lowest BCUT2D eigenvalue weighted by atomic mass is 9.62. The van der Waals surface area contributed by atoms with Crippen LogP contribution in [0.25, 0.3) is 0 Å². The summed E-state index contributed by atoms with van der Waals surface area (Å²) in [6, 6.07) is 11.7. The summed E-state index contributed by atoms with van der Waals surface area (Å²) in [5, 5.41) is 3.08. The van der Waals surface area contributed by atoms with Crippen molar-refractivity contribution in [1.29, 1.82) is 0 Å². The molecule has 0 radical (unpaired) electrons. The summed E-state index contributed by atoms with van der Waals surface area (Å²) in [6.07, 6.45) is 5.73. The van der Waals surface area contributed by atoms with Gasteiger partial charge in [-0.05, 0) is 67.5 Å². The van der Waals surface area contributed by atoms with Crippen molar-refractivity contribution in [3.63, 3.8) is 0 Å². The van der Waals surface area contributed by atoms with Crippen molar-refractivity contribution in [3.05, 3.63) is 51.2 Å². The molecule has 1 aromatic carbocycles. The van der Waals surface area contributed by atoms with Gasteiger partial charge in [0.25, 0.3) is 5.91 Å². The molecule has 7 nitrogen and oxygen atoms in total. The molecule has 0 bridgehead atoms. The minimum absolute atomic E-state index is 0.0698. The van der Waals surface area contributed by atoms with Gasteiger partial charge < -0.3 is 10.1 Å². The molecule has 4 heterocycles. The second-order valence-electron chi connectivity index (χ2n) is 10.5. The highest BCUT2D eigenvalue weighted by atomic mass is 35.5. The first-order valence-electron chi connectivity index (χ1n) is 13.0. The third-order valence-electron chi connectivity index (χ3n) is 8.57. The van der Waals surface area contributed by atoms with E-state index in [1.54, 1.807) is 12.1 Å². The first-order valence-corrected chi connectivity index (χ1v) is 14.2. The lowest BCUT2D eigenvalue weighted by Crippen LogP contribution is -2.46. The van der Waals surface area contributed by atoms with Crippen molar-refractivity contribution >= 4 is 40.4 Å². The quantitative estimate of drug-likeness (QED) is 0.593. The van der Waals surface area contributed by atoms with E-state index in [1.165, 1.54) is 42.6 Å². The maximum atomic E-state index is 13.4. The number of ether oxygens (including phenoxy) is 1. The second kappa shape index (κ2) is 10.1. The smallest absolute Gasteiger partial charge is 0.261 e. The molecule has 0 unspecified atom stereocenters. The van der Waals surface area contributed by atoms with Crippen molar-refractivity contribution in [2.75, 3.05) is 51.0 Å². The molecule has 4 fully saturated rings. The number of rotatable bonds is 7. The number of benzene rings is 1. The molecule has 36 heavy (non-hydrogen) atoms. The molecule has 3 saturated heterocycles. The van der Waals surface area contributed by atoms with Gasteiger partial charge in [-0.3, -0.25) is 24.3 Å². The van der Waals surface area contributed by atoms with Crippen LogP contribution in [-0.2, 0) is 14.9 Å². The van der Waals surface area contributed by atoms with Crippen LogP contribution >= 0.6 is 22.9 Å². The molecule has 1 saturated carbocycles. The van der Waals surface area contributed by atoms with Crippen LogP contribution < -0.4 is 10.2 Å². The van der Waals surface area contributed by atoms with Crippen molar-refractivity contribution in [1.82, 2.24) is 15.1 Å². The van der Waals surface area contributed by atoms with Crippen LogP contribution in [0.5, 0.6) is 0 Å². The predicted molar refractivity (Wildman–Crippen MR) is 142 cm³/mol. The van der Waals surface area contributed by atoms with Gasteiger partial charge >= 0.3 is 0 Å². The minimum atomic E-state index is -0.310. The van der Waals surface area contributed by atoms with Gasteiger partial charge in [-0.2, -0.15) is 0 Å². The van der Waals surface area contributed by atoms with E-state index in [0.29, 0.717) is 15.9 Å². The molecule has 1 aliphatic carbocycles. The monoisotopic (exact) mass is 528 g/mol. The Morgan fingerprint density at radius 1 is 1.11 bits per heavy atom. The maximum absolute atomic E-state index is 13.4. The number of fused-ring (bicyclic) bond motifs is 1. The third-order valence-corrected chi connectivity index (χ3v) is 9.80. The Kier molecular flexibility index (Phi) is 6.81. The number of hydrogen-bond donors (Lipinski definition) is 1. The fraction of sp³-hybridized carbons (Fsp3) is 0.556. The van der Waals surface area contributed by atoms with E-state index in [0.717, 1.165) is 51.5 Å². The van der Waals surface area contributed by atoms with Crippen LogP contribution in [0, 0.1) is 0 Å². The number of carbonyl (C=O) groups is 2. The van der Waals surface area contributed by atoms with E-state index >= 15 is 0 Å². The highest BCUT2D eigenvalue weighted by molar-refractivity contribution is 7.18. The average Bonchev–Trinajstić information content (AvgIpc) is 3.57. The standard InChI is InChI=1S/C27H33ClN4O3S/c28-23-7-6-22(36-23)25(33)29-21-8-12-31-18-32(26(34)24(21)31)20-4-2-19(3-5-20)27(9-1-10-27)11-13-30-14-16-35-17-15-30/h2-7,21,24H,1,8-18H2,(H,29,33)/t21-,24+/m1/s1. The number of carbonyl (C=O) groups excluding carboxylic acids is 2. The Hall–Kier alpha value is -1.97. The zero-order valence-electron chi connectivity index (χ0n) is 20.5. The summed E-state index contributed by atoms with van der Waals surface area (Å²) in [5.41, 5.74) is 2.61. The summed E-state index contributed by atoms with van der Waals surface area (Å²) < 4.78 is 6.09. The highest BCUT2D eigenvalue weighted by Gasteiger charge is 2.48. The van der Waals surface area contributed by atoms with Gasteiger partial charge in [0.1, 0.15) is 6.04 Å². The van der Waals surface area contributed by atoms with Gasteiger partial charge in [0, 0.05) is 25.3 Å². The van der Waals surface area contributed by atoms with Crippen LogP contribution in [0.1, 0.15) is 47.3 Å². The molecule has 2 aromatic rings. The molecule has 192 valence electrons. The zero-order valence-corrected chi connectivity index (χ0v) is 22.0. The number of thiophene rings is 1. The molecule has 2 atom stereocenters. The predicted octanol–water partition coefficient (Wildman–Crippen LogP) is 3.72. The Morgan fingerprint density at radius 3 is 2.56 bits per heavy atom. The molecule has 6 rings (SSSR count). The average molecular weight is 529 g/mol. The highest BCUT2D eigenvalue weighted by Crippen LogP contribution is 2.47. The van der Waals surface area contributed by atoms with Gasteiger partial charge in [0.05, 0.1) is 35.1 Å². The first kappa shape index (κ1) is 24.4. The third kappa shape index (κ3) is 4.58. The van der Waals surface area contributed by atoms with Gasteiger partial charge in [-0.25, -0.2) is 0 Å². The summed E-state index contributed by atoms with van der Waals surface area (Å²) >= 11 is 7.25. The van der Waals surface area contributed by atoms with E-state index in [9.17, 15) is 9.59 Å². The molecular formula is C27H33ClN4O3S. The lowest BCUT2D eigenvalue weighted by Gasteiger charge is -2.44. The van der Waals surface area contributed by atoms with Crippen molar-refractivity contribution in [2.24, 2.45) is 0 Å². The van der Waals surface area contributed by atoms with Gasteiger partial charge in [-0.15, -0.1) is 11.3 Å². The molecule has 1 aromatic heterocycles. The number of amides is 2. The lowest BCUT2D eigenvalue weighted by molar-refractivity contribution is -0.119. The maximum Gasteiger partial charge on any atom is 0.261 e. The zero-order chi connectivity index (χ0) is 24.7. The van der Waals surface area contributed by atoms with Crippen LogP contribution in [0.2, 0.25) is 4.34 Å². The normalized spacial score (nSPS) is 26.1. The Balaban J connectivity index is 1.11. The fourth-order valence-electron chi connectivity index (χ4n) is 6.27. The topological polar surface area (TPSA) is 65.1 Å². The summed E-state index contributed by atoms with van der Waals surface area (Å²) in [5.74, 6) is -0.0855. The fourth-order valence-corrected chi connectivity index (χ4v) is 7.21. The molecule has 1 N–H and O–H groups in total. The van der Waals surface area contributed by atoms with Crippen molar-refractivity contribution < 1.29 is 14.3 Å². The van der Waals surface area contributed by atoms with Gasteiger partial charge in [0.15, 0.2) is 0 Å². The second-order valence-corrected chi connectivity index (χ2v) is 12.2. The molecule has 9 heteroatoms. The Labute approximate surface area is 221 Å². The SMILES string of the molecule is O=C(N[C@@H]1CCN2CN(c3ccc(C4(CCN5CCOCC5)CCC4)cc3)C(=O)[C@H]12)c1ccc(Cl)s1. The van der Waals surface area contributed by atoms with E-state index in [-0.39, 0.29) is 29.3 Å². The molecule has 0 spiro atoms. The summed E-state index contributed by atoms with van der Waals surface area (Å²) in [6.45, 7) is 6.25. The summed E-state index contributed by atoms with van der Waals surface area (Å²) in [7, 11) is 0. The molecule has 4 aliphatic rings. The Morgan fingerprint density at radius 2 is 1.89 bits per heavy atom. The molecule has 3 aliphatic heterocycles. The van der Waals surface area contributed by atoms with Crippen molar-refractivity contribution in [2.45, 2.75) is 49.6 Å². The van der Waals surface area contributed by atoms with Crippen LogP contribution in [-0.4, -0.2) is 79.8 Å². The van der Waals surface area contributed by atoms with Crippen molar-refractivity contribution in [3.8, 4) is 0 Å². The van der Waals surface area contributed by atoms with E-state index in [4.69, 9.17) is 16.3 Å². The van der Waals surface area contributed by atoms with E-state index < -0.39 is 0 Å². The van der Waals surface area contributed by atoms with Gasteiger partial charge in [-0.1, -0.05) is 30.2 Å². The van der Waals surface area contributed by atoms with Crippen LogP contribution in [0.3, 0.4) is 0 Å². The largest absolute Gasteiger partial charge is 0.379 e. The van der Waals surface area contributed by atoms with Crippen LogP contribution in [0.15, 0.2) is 36.4 Å². The number of morpholine rings is 1.